The fourth-order valence-electron chi connectivity index (χ4n) is 4.61. The summed E-state index contributed by atoms with van der Waals surface area (Å²) in [6.45, 7) is 11.9. The molecule has 14 heteroatoms. The van der Waals surface area contributed by atoms with Crippen molar-refractivity contribution in [1.29, 1.82) is 0 Å². The smallest absolute Gasteiger partial charge is 0.409 e. The van der Waals surface area contributed by atoms with Gasteiger partial charge in [-0.2, -0.15) is 10.2 Å². The first-order valence-corrected chi connectivity index (χ1v) is 14.5. The van der Waals surface area contributed by atoms with Crippen molar-refractivity contribution in [3.8, 4) is 0 Å². The van der Waals surface area contributed by atoms with Crippen LogP contribution in [0.3, 0.4) is 0 Å². The van der Waals surface area contributed by atoms with Crippen LogP contribution >= 0.6 is 35.4 Å². The van der Waals surface area contributed by atoms with E-state index in [1.165, 1.54) is 0 Å². The fraction of sp³-hybridized carbons (Fsp3) is 0.444. The summed E-state index contributed by atoms with van der Waals surface area (Å²) < 4.78 is 8.57. The topological polar surface area (TPSA) is 110 Å². The van der Waals surface area contributed by atoms with Crippen LogP contribution in [0.4, 0.5) is 16.2 Å². The van der Waals surface area contributed by atoms with Gasteiger partial charge in [-0.15, -0.1) is 0 Å². The number of thiocarbonyl (C=S) groups is 1. The summed E-state index contributed by atoms with van der Waals surface area (Å²) in [4.78, 5) is 28.5. The van der Waals surface area contributed by atoms with Crippen molar-refractivity contribution in [2.24, 2.45) is 0 Å². The van der Waals surface area contributed by atoms with Gasteiger partial charge in [-0.25, -0.2) is 4.79 Å². The highest BCUT2D eigenvalue weighted by molar-refractivity contribution is 7.80. The number of piperazine rings is 1. The molecule has 0 saturated carbocycles. The van der Waals surface area contributed by atoms with Gasteiger partial charge < -0.3 is 25.2 Å². The number of amides is 2. The van der Waals surface area contributed by atoms with Gasteiger partial charge in [0, 0.05) is 32.4 Å². The Morgan fingerprint density at radius 3 is 2.37 bits per heavy atom. The largest absolute Gasteiger partial charge is 0.450 e. The van der Waals surface area contributed by atoms with E-state index in [-0.39, 0.29) is 12.0 Å². The lowest BCUT2D eigenvalue weighted by atomic mass is 10.2. The molecule has 220 valence electrons. The number of hydrogen-bond donors (Lipinski definition) is 2. The molecule has 3 aromatic rings. The predicted octanol–water partition coefficient (Wildman–Crippen LogP) is 5.03. The van der Waals surface area contributed by atoms with Crippen molar-refractivity contribution in [3.05, 3.63) is 57.1 Å². The monoisotopic (exact) mass is 620 g/mol. The van der Waals surface area contributed by atoms with Gasteiger partial charge in [0.05, 0.1) is 51.7 Å². The summed E-state index contributed by atoms with van der Waals surface area (Å²) in [6.07, 6.45) is 1.42. The molecule has 1 atom stereocenters. The molecule has 0 bridgehead atoms. The number of carbonyl (C=O) groups is 2. The second kappa shape index (κ2) is 13.1. The van der Waals surface area contributed by atoms with Crippen molar-refractivity contribution in [2.45, 2.75) is 47.2 Å². The number of aromatic nitrogens is 4. The lowest BCUT2D eigenvalue weighted by Gasteiger charge is -2.35. The van der Waals surface area contributed by atoms with Crippen LogP contribution in [0.2, 0.25) is 10.0 Å². The fourth-order valence-corrected chi connectivity index (χ4v) is 5.15. The Labute approximate surface area is 254 Å². The van der Waals surface area contributed by atoms with Gasteiger partial charge in [-0.05, 0) is 64.5 Å². The quantitative estimate of drug-likeness (QED) is 0.354. The molecule has 2 aromatic heterocycles. The number of halogens is 2. The zero-order chi connectivity index (χ0) is 29.8. The summed E-state index contributed by atoms with van der Waals surface area (Å²) in [5.41, 5.74) is 4.87. The molecule has 41 heavy (non-hydrogen) atoms. The summed E-state index contributed by atoms with van der Waals surface area (Å²) in [6, 6.07) is 4.99. The van der Waals surface area contributed by atoms with E-state index in [4.69, 9.17) is 40.2 Å². The lowest BCUT2D eigenvalue weighted by molar-refractivity contribution is -0.136. The second-order valence-corrected chi connectivity index (χ2v) is 11.0. The Morgan fingerprint density at radius 2 is 1.71 bits per heavy atom. The van der Waals surface area contributed by atoms with Crippen LogP contribution in [0.5, 0.6) is 0 Å². The van der Waals surface area contributed by atoms with E-state index >= 15 is 0 Å². The van der Waals surface area contributed by atoms with Gasteiger partial charge >= 0.3 is 6.09 Å². The van der Waals surface area contributed by atoms with Crippen molar-refractivity contribution in [2.75, 3.05) is 43.4 Å². The van der Waals surface area contributed by atoms with Crippen LogP contribution in [-0.4, -0.2) is 79.3 Å². The van der Waals surface area contributed by atoms with E-state index in [2.05, 4.69) is 20.8 Å². The van der Waals surface area contributed by atoms with Crippen LogP contribution in [-0.2, 0) is 16.1 Å². The van der Waals surface area contributed by atoms with Crippen LogP contribution in [0.1, 0.15) is 42.5 Å². The number of ether oxygens (including phenoxy) is 1. The van der Waals surface area contributed by atoms with Gasteiger partial charge in [0.2, 0.25) is 5.91 Å². The number of anilines is 2. The Hall–Kier alpha value is -3.35. The van der Waals surface area contributed by atoms with Crippen molar-refractivity contribution >= 4 is 63.9 Å². The Morgan fingerprint density at radius 1 is 1.02 bits per heavy atom. The Kier molecular flexibility index (Phi) is 9.77. The average molecular weight is 622 g/mol. The van der Waals surface area contributed by atoms with Gasteiger partial charge in [-0.1, -0.05) is 29.3 Å². The maximum atomic E-state index is 13.2. The van der Waals surface area contributed by atoms with Gasteiger partial charge in [0.1, 0.15) is 6.04 Å². The SMILES string of the molecule is CCOC(=O)N1CCN(C(=O)C(C)n2cc(NC(=S)Nc3c(C)nn(Cc4ccc(Cl)c(Cl)c4)c3C)c(C)n2)CC1. The number of carbonyl (C=O) groups excluding carboxylic acids is 2. The van der Waals surface area contributed by atoms with Crippen molar-refractivity contribution < 1.29 is 14.3 Å². The van der Waals surface area contributed by atoms with E-state index in [1.807, 2.05) is 44.5 Å². The minimum absolute atomic E-state index is 0.0658. The zero-order valence-corrected chi connectivity index (χ0v) is 26.0. The van der Waals surface area contributed by atoms with E-state index in [9.17, 15) is 9.59 Å². The highest BCUT2D eigenvalue weighted by Crippen LogP contribution is 2.26. The Bertz CT molecular complexity index is 1450. The van der Waals surface area contributed by atoms with E-state index < -0.39 is 6.04 Å². The van der Waals surface area contributed by atoms with Crippen molar-refractivity contribution in [1.82, 2.24) is 29.4 Å². The molecule has 0 aliphatic carbocycles. The first-order chi connectivity index (χ1) is 19.5. The molecule has 1 aromatic carbocycles. The molecular weight excluding hydrogens is 587 g/mol. The second-order valence-electron chi connectivity index (χ2n) is 9.83. The highest BCUT2D eigenvalue weighted by Gasteiger charge is 2.29. The minimum Gasteiger partial charge on any atom is -0.450 e. The zero-order valence-electron chi connectivity index (χ0n) is 23.7. The molecule has 0 spiro atoms. The molecule has 1 fully saturated rings. The third-order valence-corrected chi connectivity index (χ3v) is 7.92. The maximum absolute atomic E-state index is 13.2. The number of aryl methyl sites for hydroxylation is 2. The lowest BCUT2D eigenvalue weighted by Crippen LogP contribution is -2.52. The summed E-state index contributed by atoms with van der Waals surface area (Å²) in [7, 11) is 0. The molecule has 1 aliphatic heterocycles. The van der Waals surface area contributed by atoms with Crippen LogP contribution in [0.15, 0.2) is 24.4 Å². The molecule has 11 nitrogen and oxygen atoms in total. The molecule has 2 amide bonds. The van der Waals surface area contributed by atoms with Crippen LogP contribution in [0.25, 0.3) is 0 Å². The number of rotatable bonds is 7. The molecule has 2 N–H and O–H groups in total. The third kappa shape index (κ3) is 7.11. The van der Waals surface area contributed by atoms with E-state index in [0.717, 1.165) is 22.6 Å². The van der Waals surface area contributed by atoms with Gasteiger partial charge in [-0.3, -0.25) is 14.2 Å². The standard InChI is InChI=1S/C27H34Cl2N8O3S/c1-6-40-27(39)35-11-9-34(10-12-35)25(38)19(5)37-15-23(16(2)32-37)30-26(41)31-24-17(3)33-36(18(24)4)14-20-7-8-21(28)22(29)13-20/h7-8,13,15,19H,6,9-12,14H2,1-5H3,(H2,30,31,41). The Balaban J connectivity index is 1.37. The molecule has 4 rings (SSSR count). The number of nitrogens with zero attached hydrogens (tertiary/aromatic N) is 6. The first-order valence-electron chi connectivity index (χ1n) is 13.3. The average Bonchev–Trinajstić information content (AvgIpc) is 3.43. The molecule has 3 heterocycles. The number of benzene rings is 1. The molecular formula is C27H34Cl2N8O3S. The number of nitrogens with one attached hydrogen (secondary N) is 2. The molecule has 1 unspecified atom stereocenters. The molecule has 1 saturated heterocycles. The normalized spacial score (nSPS) is 14.1. The first kappa shape index (κ1) is 30.6. The van der Waals surface area contributed by atoms with Gasteiger partial charge in [0.25, 0.3) is 0 Å². The van der Waals surface area contributed by atoms with Crippen molar-refractivity contribution in [3.63, 3.8) is 0 Å². The number of hydrogen-bond acceptors (Lipinski definition) is 6. The van der Waals surface area contributed by atoms with E-state index in [1.54, 1.807) is 33.7 Å². The van der Waals surface area contributed by atoms with Gasteiger partial charge in [0.15, 0.2) is 5.11 Å². The third-order valence-electron chi connectivity index (χ3n) is 6.97. The summed E-state index contributed by atoms with van der Waals surface area (Å²) in [5.74, 6) is -0.0658. The van der Waals surface area contributed by atoms with Crippen LogP contribution < -0.4 is 10.6 Å². The highest BCUT2D eigenvalue weighted by atomic mass is 35.5. The van der Waals surface area contributed by atoms with E-state index in [0.29, 0.717) is 65.9 Å². The molecule has 1 aliphatic rings. The van der Waals surface area contributed by atoms with Crippen LogP contribution in [0, 0.1) is 20.8 Å². The summed E-state index contributed by atoms with van der Waals surface area (Å²) >= 11 is 17.8. The summed E-state index contributed by atoms with van der Waals surface area (Å²) in [5, 5.41) is 17.0. The minimum atomic E-state index is -0.524. The predicted molar refractivity (Wildman–Crippen MR) is 164 cm³/mol. The maximum Gasteiger partial charge on any atom is 0.409 e. The molecule has 0 radical (unpaired) electrons.